The van der Waals surface area contributed by atoms with Crippen LogP contribution in [0, 0.1) is 0 Å². The number of amides is 1. The summed E-state index contributed by atoms with van der Waals surface area (Å²) in [5, 5.41) is 17.4. The Morgan fingerprint density at radius 1 is 0.922 bits per heavy atom. The summed E-state index contributed by atoms with van der Waals surface area (Å²) >= 11 is 5.21. The SMILES string of the molecule is CC[C@H]1O[C@@H](n2cnc3c(NC(=O)c4ccccc4)ncnc32)[C@H](F)[C@@H]1OP(O)(=S)OCC1O[C@@H](n2cnc3c2ncn2ncnc32)[C@H](F)[C@@H]1O. The molecule has 1 amide bonds. The number of nitrogens with one attached hydrogen (secondary N) is 1. The second-order valence-corrected chi connectivity index (χ2v) is 14.5. The molecule has 0 bridgehead atoms. The van der Waals surface area contributed by atoms with Gasteiger partial charge in [0.2, 0.25) is 0 Å². The minimum absolute atomic E-state index is 0.110. The lowest BCUT2D eigenvalue weighted by atomic mass is 10.1. The number of rotatable bonds is 10. The average Bonchev–Trinajstić information content (AvgIpc) is 3.96. The van der Waals surface area contributed by atoms with Gasteiger partial charge in [0.05, 0.1) is 25.4 Å². The Morgan fingerprint density at radius 2 is 1.61 bits per heavy atom. The van der Waals surface area contributed by atoms with Gasteiger partial charge in [-0.25, -0.2) is 43.2 Å². The smallest absolute Gasteiger partial charge is 0.325 e. The molecule has 2 unspecified atom stereocenters. The Balaban J connectivity index is 0.946. The molecule has 6 aromatic rings. The zero-order valence-corrected chi connectivity index (χ0v) is 28.0. The maximum absolute atomic E-state index is 16.2. The number of carbonyl (C=O) groups is 1. The van der Waals surface area contributed by atoms with Gasteiger partial charge in [-0.3, -0.25) is 18.5 Å². The van der Waals surface area contributed by atoms with Gasteiger partial charge in [0.25, 0.3) is 5.91 Å². The van der Waals surface area contributed by atoms with Crippen molar-refractivity contribution in [2.45, 2.75) is 62.6 Å². The van der Waals surface area contributed by atoms with Gasteiger partial charge in [-0.2, -0.15) is 5.10 Å². The summed E-state index contributed by atoms with van der Waals surface area (Å²) in [6.45, 7) is -3.07. The molecule has 5 aromatic heterocycles. The zero-order chi connectivity index (χ0) is 35.4. The highest BCUT2D eigenvalue weighted by molar-refractivity contribution is 8.07. The number of hydrogen-bond donors (Lipinski definition) is 3. The summed E-state index contributed by atoms with van der Waals surface area (Å²) < 4.78 is 58.5. The lowest BCUT2D eigenvalue weighted by Crippen LogP contribution is -2.33. The van der Waals surface area contributed by atoms with E-state index in [1.54, 1.807) is 37.3 Å². The molecule has 9 atom stereocenters. The molecule has 3 N–H and O–H groups in total. The molecule has 18 nitrogen and oxygen atoms in total. The fourth-order valence-corrected chi connectivity index (χ4v) is 7.56. The number of halogens is 2. The number of imidazole rings is 2. The van der Waals surface area contributed by atoms with Crippen LogP contribution in [0.15, 0.2) is 62.0 Å². The molecular formula is C29H28F2N11O7PS. The zero-order valence-electron chi connectivity index (χ0n) is 26.3. The number of carbonyl (C=O) groups excluding carboxylic acids is 1. The molecule has 22 heteroatoms. The second kappa shape index (κ2) is 13.3. The minimum Gasteiger partial charge on any atom is -0.387 e. The molecule has 8 rings (SSSR count). The van der Waals surface area contributed by atoms with E-state index < -0.39 is 68.4 Å². The summed E-state index contributed by atoms with van der Waals surface area (Å²) in [6.07, 6.45) is -4.96. The normalized spacial score (nSPS) is 27.8. The Hall–Kier alpha value is -4.47. The number of alkyl halides is 2. The quantitative estimate of drug-likeness (QED) is 0.172. The third-order valence-electron chi connectivity index (χ3n) is 8.64. The van der Waals surface area contributed by atoms with Gasteiger partial charge in [-0.05, 0) is 30.4 Å². The van der Waals surface area contributed by atoms with E-state index in [1.807, 2.05) is 0 Å². The van der Waals surface area contributed by atoms with E-state index >= 15 is 8.78 Å². The van der Waals surface area contributed by atoms with Gasteiger partial charge in [0.15, 0.2) is 58.6 Å². The van der Waals surface area contributed by atoms with Gasteiger partial charge in [0.1, 0.15) is 37.3 Å². The van der Waals surface area contributed by atoms with Crippen LogP contribution in [0.5, 0.6) is 0 Å². The summed E-state index contributed by atoms with van der Waals surface area (Å²) in [5.74, 6) is -0.313. The van der Waals surface area contributed by atoms with Crippen molar-refractivity contribution in [1.82, 2.24) is 48.7 Å². The van der Waals surface area contributed by atoms with E-state index in [-0.39, 0.29) is 29.0 Å². The molecule has 0 aliphatic carbocycles. The molecular weight excluding hydrogens is 715 g/mol. The Labute approximate surface area is 290 Å². The molecule has 1 aromatic carbocycles. The van der Waals surface area contributed by atoms with Crippen LogP contribution in [-0.2, 0) is 30.3 Å². The van der Waals surface area contributed by atoms with Crippen molar-refractivity contribution in [2.24, 2.45) is 0 Å². The van der Waals surface area contributed by atoms with Crippen LogP contribution in [-0.4, -0.2) is 108 Å². The first-order valence-corrected chi connectivity index (χ1v) is 18.2. The van der Waals surface area contributed by atoms with Crippen molar-refractivity contribution < 1.29 is 42.1 Å². The van der Waals surface area contributed by atoms with Crippen molar-refractivity contribution >= 4 is 58.2 Å². The van der Waals surface area contributed by atoms with E-state index in [0.29, 0.717) is 16.7 Å². The van der Waals surface area contributed by atoms with Gasteiger partial charge in [0, 0.05) is 5.56 Å². The van der Waals surface area contributed by atoms with Gasteiger partial charge in [-0.15, -0.1) is 0 Å². The fourth-order valence-electron chi connectivity index (χ4n) is 6.13. The first kappa shape index (κ1) is 33.7. The summed E-state index contributed by atoms with van der Waals surface area (Å²) in [7, 11) is 0. The fraction of sp³-hybridized carbons (Fsp3) is 0.379. The summed E-state index contributed by atoms with van der Waals surface area (Å²) in [6, 6.07) is 8.50. The number of aromatic nitrogens is 10. The van der Waals surface area contributed by atoms with E-state index in [0.717, 1.165) is 0 Å². The molecule has 2 aliphatic rings. The van der Waals surface area contributed by atoms with Crippen molar-refractivity contribution in [3.8, 4) is 0 Å². The van der Waals surface area contributed by atoms with Gasteiger partial charge < -0.3 is 29.3 Å². The topological polar surface area (TPSA) is 211 Å². The third kappa shape index (κ3) is 6.04. The van der Waals surface area contributed by atoms with E-state index in [1.165, 1.54) is 45.3 Å². The van der Waals surface area contributed by atoms with E-state index in [9.17, 15) is 14.8 Å². The lowest BCUT2D eigenvalue weighted by Gasteiger charge is -2.25. The van der Waals surface area contributed by atoms with E-state index in [2.05, 4.69) is 40.3 Å². The number of ether oxygens (including phenoxy) is 2. The number of nitrogens with zero attached hydrogens (tertiary/aromatic N) is 10. The number of aliphatic hydroxyl groups is 1. The predicted molar refractivity (Wildman–Crippen MR) is 175 cm³/mol. The number of aliphatic hydroxyl groups excluding tert-OH is 1. The Kier molecular flexibility index (Phi) is 8.75. The summed E-state index contributed by atoms with van der Waals surface area (Å²) in [5.41, 5.74) is 1.74. The molecule has 2 fully saturated rings. The third-order valence-corrected chi connectivity index (χ3v) is 10.2. The number of benzene rings is 1. The number of anilines is 1. The van der Waals surface area contributed by atoms with Crippen LogP contribution in [0.3, 0.4) is 0 Å². The molecule has 2 saturated heterocycles. The van der Waals surface area contributed by atoms with Crippen LogP contribution >= 0.6 is 6.72 Å². The lowest BCUT2D eigenvalue weighted by molar-refractivity contribution is -0.0471. The highest BCUT2D eigenvalue weighted by Crippen LogP contribution is 2.51. The monoisotopic (exact) mass is 743 g/mol. The average molecular weight is 744 g/mol. The summed E-state index contributed by atoms with van der Waals surface area (Å²) in [4.78, 5) is 49.0. The van der Waals surface area contributed by atoms with Crippen molar-refractivity contribution in [2.75, 3.05) is 11.9 Å². The molecule has 2 aliphatic heterocycles. The first-order chi connectivity index (χ1) is 24.6. The minimum atomic E-state index is -4.22. The Morgan fingerprint density at radius 3 is 2.37 bits per heavy atom. The van der Waals surface area contributed by atoms with Crippen molar-refractivity contribution in [3.63, 3.8) is 0 Å². The van der Waals surface area contributed by atoms with Gasteiger partial charge >= 0.3 is 6.72 Å². The molecule has 0 spiro atoms. The molecule has 51 heavy (non-hydrogen) atoms. The van der Waals surface area contributed by atoms with Crippen molar-refractivity contribution in [1.29, 1.82) is 0 Å². The largest absolute Gasteiger partial charge is 0.387 e. The van der Waals surface area contributed by atoms with Crippen LogP contribution < -0.4 is 5.32 Å². The second-order valence-electron chi connectivity index (χ2n) is 11.7. The first-order valence-electron chi connectivity index (χ1n) is 15.6. The van der Waals surface area contributed by atoms with Crippen LogP contribution in [0.4, 0.5) is 14.6 Å². The van der Waals surface area contributed by atoms with E-state index in [4.69, 9.17) is 30.3 Å². The van der Waals surface area contributed by atoms with Crippen molar-refractivity contribution in [3.05, 3.63) is 67.5 Å². The number of fused-ring (bicyclic) bond motifs is 4. The van der Waals surface area contributed by atoms with Crippen LogP contribution in [0.25, 0.3) is 28.0 Å². The van der Waals surface area contributed by atoms with Crippen LogP contribution in [0.2, 0.25) is 0 Å². The maximum Gasteiger partial charge on any atom is 0.325 e. The predicted octanol–water partition coefficient (Wildman–Crippen LogP) is 2.43. The molecule has 7 heterocycles. The highest BCUT2D eigenvalue weighted by Gasteiger charge is 2.50. The van der Waals surface area contributed by atoms with Gasteiger partial charge in [-0.1, -0.05) is 25.1 Å². The highest BCUT2D eigenvalue weighted by atomic mass is 32.5. The molecule has 0 radical (unpaired) electrons. The molecule has 0 saturated carbocycles. The maximum atomic E-state index is 16.2. The number of hydrogen-bond acceptors (Lipinski definition) is 14. The van der Waals surface area contributed by atoms with Crippen LogP contribution in [0.1, 0.15) is 36.2 Å². The standard InChI is InChI=1S/C29H28F2N11O7PS/c1-2-15-22(18(31)29(47-15)40-11-35-19-23(32-9-33-24(19)40)39-27(44)14-6-4-3-5-7-14)49-50(45,51)46-8-16-21(43)17(30)28(48-16)41-12-36-20-25(41)37-13-42-26(20)34-10-38-42/h3-7,9-13,15-18,21-22,28-29,43H,2,8H2,1H3,(H,45,51)(H,32,33,39,44)/t15-,16?,17-,18-,21-,22-,28-,29-,50?/m1/s1. The molecule has 266 valence electrons. The Bertz CT molecular complexity index is 2280.